The summed E-state index contributed by atoms with van der Waals surface area (Å²) in [5.41, 5.74) is 4.28. The van der Waals surface area contributed by atoms with Crippen LogP contribution in [0.4, 0.5) is 0 Å². The fraction of sp³-hybridized carbons (Fsp3) is 0.379. The highest BCUT2D eigenvalue weighted by Gasteiger charge is 2.42. The zero-order chi connectivity index (χ0) is 26.0. The summed E-state index contributed by atoms with van der Waals surface area (Å²) < 4.78 is 22.1. The largest absolute Gasteiger partial charge is 0.496 e. The van der Waals surface area contributed by atoms with Gasteiger partial charge in [0.2, 0.25) is 0 Å². The molecule has 0 radical (unpaired) electrons. The third-order valence-corrected chi connectivity index (χ3v) is 6.71. The highest BCUT2D eigenvalue weighted by Crippen LogP contribution is 2.48. The molecule has 1 N–H and O–H groups in total. The Kier molecular flexibility index (Phi) is 7.38. The summed E-state index contributed by atoms with van der Waals surface area (Å²) in [5, 5.41) is 3.38. The lowest BCUT2D eigenvalue weighted by Gasteiger charge is -2.37. The van der Waals surface area contributed by atoms with E-state index in [9.17, 15) is 9.59 Å². The van der Waals surface area contributed by atoms with Crippen LogP contribution in [0.25, 0.3) is 0 Å². The number of nitrogens with one attached hydrogen (secondary N) is 1. The molecule has 2 aliphatic rings. The lowest BCUT2D eigenvalue weighted by molar-refractivity contribution is -0.143. The van der Waals surface area contributed by atoms with E-state index < -0.39 is 11.9 Å². The number of methoxy groups -OCH3 is 3. The lowest BCUT2D eigenvalue weighted by atomic mass is 9.71. The topological polar surface area (TPSA) is 83.1 Å². The number of ketones is 1. The second kappa shape index (κ2) is 10.5. The smallest absolute Gasteiger partial charge is 0.337 e. The number of allylic oxidation sites excluding steroid dienone is 3. The standard InChI is InChI=1S/C29H33NO6/c1-16(2)36-29(32)26-17(3)30-21-13-19(20-9-7-8-10-23(20)33-4)14-22(31)28(21)27(26)18-11-12-24(34-5)25(15-18)35-6/h7-12,15-16,19,27,30H,13-14H2,1-6H3/t19-,27-/m1/s1. The van der Waals surface area contributed by atoms with Gasteiger partial charge in [0.25, 0.3) is 0 Å². The Morgan fingerprint density at radius 2 is 1.64 bits per heavy atom. The number of ether oxygens (including phenoxy) is 4. The van der Waals surface area contributed by atoms with Crippen LogP contribution < -0.4 is 19.5 Å². The van der Waals surface area contributed by atoms with Crippen molar-refractivity contribution in [2.24, 2.45) is 0 Å². The van der Waals surface area contributed by atoms with Crippen molar-refractivity contribution in [1.82, 2.24) is 5.32 Å². The first-order valence-corrected chi connectivity index (χ1v) is 12.1. The molecule has 190 valence electrons. The number of Topliss-reactive ketones (excluding diaryl/α,β-unsaturated/α-hetero) is 1. The molecule has 0 unspecified atom stereocenters. The van der Waals surface area contributed by atoms with Crippen LogP contribution in [0.3, 0.4) is 0 Å². The van der Waals surface area contributed by atoms with Gasteiger partial charge in [0.1, 0.15) is 5.75 Å². The van der Waals surface area contributed by atoms with Gasteiger partial charge in [-0.15, -0.1) is 0 Å². The summed E-state index contributed by atoms with van der Waals surface area (Å²) in [7, 11) is 4.77. The third-order valence-electron chi connectivity index (χ3n) is 6.71. The van der Waals surface area contributed by atoms with Crippen LogP contribution >= 0.6 is 0 Å². The normalized spacial score (nSPS) is 19.6. The van der Waals surface area contributed by atoms with Gasteiger partial charge in [-0.1, -0.05) is 24.3 Å². The van der Waals surface area contributed by atoms with Gasteiger partial charge in [0, 0.05) is 35.2 Å². The Labute approximate surface area is 212 Å². The molecule has 0 saturated carbocycles. The van der Waals surface area contributed by atoms with Gasteiger partial charge < -0.3 is 24.3 Å². The van der Waals surface area contributed by atoms with Crippen molar-refractivity contribution < 1.29 is 28.5 Å². The van der Waals surface area contributed by atoms with Crippen molar-refractivity contribution in [3.63, 3.8) is 0 Å². The molecule has 4 rings (SSSR count). The van der Waals surface area contributed by atoms with Gasteiger partial charge in [-0.25, -0.2) is 4.79 Å². The molecule has 0 bridgehead atoms. The molecule has 36 heavy (non-hydrogen) atoms. The highest BCUT2D eigenvalue weighted by atomic mass is 16.5. The fourth-order valence-electron chi connectivity index (χ4n) is 5.18. The van der Waals surface area contributed by atoms with Crippen LogP contribution in [-0.2, 0) is 14.3 Å². The first-order valence-electron chi connectivity index (χ1n) is 12.1. The van der Waals surface area contributed by atoms with Crippen molar-refractivity contribution in [3.8, 4) is 17.2 Å². The highest BCUT2D eigenvalue weighted by molar-refractivity contribution is 6.04. The first-order chi connectivity index (χ1) is 17.3. The molecule has 2 aromatic rings. The molecular weight excluding hydrogens is 458 g/mol. The summed E-state index contributed by atoms with van der Waals surface area (Å²) in [6, 6.07) is 13.3. The lowest BCUT2D eigenvalue weighted by Crippen LogP contribution is -2.36. The number of esters is 1. The average molecular weight is 492 g/mol. The Morgan fingerprint density at radius 3 is 2.31 bits per heavy atom. The Morgan fingerprint density at radius 1 is 0.944 bits per heavy atom. The number of carbonyl (C=O) groups is 2. The van der Waals surface area contributed by atoms with Gasteiger partial charge in [0.15, 0.2) is 17.3 Å². The summed E-state index contributed by atoms with van der Waals surface area (Å²) >= 11 is 0. The Balaban J connectivity index is 1.84. The van der Waals surface area contributed by atoms with E-state index in [1.807, 2.05) is 57.2 Å². The number of carbonyl (C=O) groups excluding carboxylic acids is 2. The van der Waals surface area contributed by atoms with Gasteiger partial charge >= 0.3 is 5.97 Å². The first kappa shape index (κ1) is 25.4. The number of hydrogen-bond donors (Lipinski definition) is 1. The molecule has 1 aliphatic carbocycles. The summed E-state index contributed by atoms with van der Waals surface area (Å²) in [5.74, 6) is 0.784. The minimum atomic E-state index is -0.585. The van der Waals surface area contributed by atoms with E-state index in [2.05, 4.69) is 5.32 Å². The van der Waals surface area contributed by atoms with Gasteiger partial charge in [-0.2, -0.15) is 0 Å². The summed E-state index contributed by atoms with van der Waals surface area (Å²) in [6.07, 6.45) is 0.641. The molecule has 0 amide bonds. The third kappa shape index (κ3) is 4.70. The van der Waals surface area contributed by atoms with Crippen molar-refractivity contribution >= 4 is 11.8 Å². The van der Waals surface area contributed by atoms with E-state index in [1.165, 1.54) is 0 Å². The van der Waals surface area contributed by atoms with E-state index in [4.69, 9.17) is 18.9 Å². The van der Waals surface area contributed by atoms with Crippen molar-refractivity contribution in [1.29, 1.82) is 0 Å². The predicted molar refractivity (Wildman–Crippen MR) is 136 cm³/mol. The number of para-hydroxylation sites is 1. The van der Waals surface area contributed by atoms with E-state index in [-0.39, 0.29) is 17.8 Å². The number of benzene rings is 2. The maximum atomic E-state index is 13.8. The SMILES string of the molecule is COc1ccc([C@@H]2C(C(=O)OC(C)C)=C(C)NC3=C2C(=O)C[C@H](c2ccccc2OC)C3)cc1OC. The zero-order valence-corrected chi connectivity index (χ0v) is 21.6. The Hall–Kier alpha value is -3.74. The van der Waals surface area contributed by atoms with Crippen LogP contribution in [0.2, 0.25) is 0 Å². The fourth-order valence-corrected chi connectivity index (χ4v) is 5.18. The minimum absolute atomic E-state index is 0.0122. The average Bonchev–Trinajstić information content (AvgIpc) is 2.86. The zero-order valence-electron chi connectivity index (χ0n) is 21.6. The minimum Gasteiger partial charge on any atom is -0.496 e. The number of rotatable bonds is 7. The van der Waals surface area contributed by atoms with Gasteiger partial charge in [-0.3, -0.25) is 4.79 Å². The van der Waals surface area contributed by atoms with Crippen LogP contribution in [0.5, 0.6) is 17.2 Å². The molecule has 1 aliphatic heterocycles. The molecule has 0 spiro atoms. The van der Waals surface area contributed by atoms with Crippen molar-refractivity contribution in [2.45, 2.75) is 51.6 Å². The van der Waals surface area contributed by atoms with Crippen molar-refractivity contribution in [2.75, 3.05) is 21.3 Å². The molecule has 2 atom stereocenters. The molecule has 2 aromatic carbocycles. The maximum Gasteiger partial charge on any atom is 0.337 e. The van der Waals surface area contributed by atoms with Crippen LogP contribution in [-0.4, -0.2) is 39.2 Å². The quantitative estimate of drug-likeness (QED) is 0.544. The molecule has 1 heterocycles. The summed E-state index contributed by atoms with van der Waals surface area (Å²) in [4.78, 5) is 27.1. The van der Waals surface area contributed by atoms with Crippen LogP contribution in [0.1, 0.15) is 56.6 Å². The second-order valence-corrected chi connectivity index (χ2v) is 9.33. The van der Waals surface area contributed by atoms with E-state index in [1.54, 1.807) is 27.4 Å². The molecular formula is C29H33NO6. The molecule has 7 heteroatoms. The maximum absolute atomic E-state index is 13.8. The molecule has 7 nitrogen and oxygen atoms in total. The monoisotopic (exact) mass is 491 g/mol. The van der Waals surface area contributed by atoms with Crippen LogP contribution in [0.15, 0.2) is 65.0 Å². The second-order valence-electron chi connectivity index (χ2n) is 9.33. The Bertz CT molecular complexity index is 1240. The molecule has 0 saturated heterocycles. The van der Waals surface area contributed by atoms with E-state index >= 15 is 0 Å². The van der Waals surface area contributed by atoms with Gasteiger partial charge in [-0.05, 0) is 56.5 Å². The number of hydrogen-bond acceptors (Lipinski definition) is 7. The summed E-state index contributed by atoms with van der Waals surface area (Å²) in [6.45, 7) is 5.47. The van der Waals surface area contributed by atoms with Crippen LogP contribution in [0, 0.1) is 0 Å². The van der Waals surface area contributed by atoms with Crippen molar-refractivity contribution in [3.05, 3.63) is 76.1 Å². The predicted octanol–water partition coefficient (Wildman–Crippen LogP) is 5.03. The van der Waals surface area contributed by atoms with Gasteiger partial charge in [0.05, 0.1) is 33.0 Å². The van der Waals surface area contributed by atoms with E-state index in [0.29, 0.717) is 41.2 Å². The number of dihydropyridines is 1. The molecule has 0 fully saturated rings. The molecule has 0 aromatic heterocycles. The van der Waals surface area contributed by atoms with E-state index in [0.717, 1.165) is 22.6 Å².